The van der Waals surface area contributed by atoms with E-state index in [1.165, 1.54) is 12.1 Å². The van der Waals surface area contributed by atoms with Gasteiger partial charge >= 0.3 is 0 Å². The third-order valence-corrected chi connectivity index (χ3v) is 6.67. The smallest absolute Gasteiger partial charge is 0.200 e. The van der Waals surface area contributed by atoms with Crippen LogP contribution in [0.3, 0.4) is 0 Å². The molecule has 1 heterocycles. The number of hydrogen-bond donors (Lipinski definition) is 2. The molecule has 2 aromatic rings. The number of aliphatic hydroxyl groups is 1. The summed E-state index contributed by atoms with van der Waals surface area (Å²) in [6.07, 6.45) is 5.72. The molecule has 1 aliphatic heterocycles. The van der Waals surface area contributed by atoms with E-state index in [-0.39, 0.29) is 11.6 Å². The highest BCUT2D eigenvalue weighted by atomic mass is 19.1. The third-order valence-electron chi connectivity index (χ3n) is 6.67. The zero-order valence-electron chi connectivity index (χ0n) is 21.9. The van der Waals surface area contributed by atoms with Crippen molar-refractivity contribution < 1.29 is 24.1 Å². The van der Waals surface area contributed by atoms with Gasteiger partial charge in [-0.2, -0.15) is 0 Å². The first-order valence-corrected chi connectivity index (χ1v) is 13.5. The molecule has 1 atom stereocenters. The highest BCUT2D eigenvalue weighted by Crippen LogP contribution is 2.38. The number of aromatic hydroxyl groups is 1. The summed E-state index contributed by atoms with van der Waals surface area (Å²) in [5.74, 6) is 0.787. The number of β-amino-alcohol motifs (C(OH)–C–C–N with tert-alkyl or cyclic N) is 1. The van der Waals surface area contributed by atoms with E-state index in [4.69, 9.17) is 9.47 Å². The number of piperazine rings is 1. The number of unbranched alkanes of at least 4 members (excludes halogenated alkanes) is 4. The van der Waals surface area contributed by atoms with Crippen LogP contribution in [0.2, 0.25) is 0 Å². The maximum atomic E-state index is 13.2. The molecule has 0 radical (unpaired) electrons. The summed E-state index contributed by atoms with van der Waals surface area (Å²) in [5, 5.41) is 21.3. The predicted molar refractivity (Wildman–Crippen MR) is 141 cm³/mol. The summed E-state index contributed by atoms with van der Waals surface area (Å²) in [6.45, 7) is 10.2. The van der Waals surface area contributed by atoms with Gasteiger partial charge in [-0.1, -0.05) is 51.7 Å². The Morgan fingerprint density at radius 2 is 1.36 bits per heavy atom. The number of benzene rings is 2. The van der Waals surface area contributed by atoms with Crippen molar-refractivity contribution in [2.45, 2.75) is 65.0 Å². The fourth-order valence-corrected chi connectivity index (χ4v) is 4.44. The Bertz CT molecular complexity index is 868. The molecule has 2 aromatic carbocycles. The summed E-state index contributed by atoms with van der Waals surface area (Å²) >= 11 is 0. The van der Waals surface area contributed by atoms with Crippen LogP contribution in [-0.4, -0.2) is 66.0 Å². The van der Waals surface area contributed by atoms with E-state index < -0.39 is 6.10 Å². The van der Waals surface area contributed by atoms with E-state index in [0.29, 0.717) is 31.3 Å². The Morgan fingerprint density at radius 3 is 1.89 bits per heavy atom. The van der Waals surface area contributed by atoms with Crippen LogP contribution < -0.4 is 9.47 Å². The second-order valence-corrected chi connectivity index (χ2v) is 9.70. The molecule has 7 heteroatoms. The fraction of sp³-hybridized carbons (Fsp3) is 0.586. The molecule has 0 saturated carbocycles. The lowest BCUT2D eigenvalue weighted by atomic mass is 10.1. The molecular formula is C29H43FN2O4. The van der Waals surface area contributed by atoms with Crippen LogP contribution in [0.25, 0.3) is 0 Å². The number of hydrogen-bond acceptors (Lipinski definition) is 6. The number of phenolic OH excluding ortho intramolecular Hbond substituents is 1. The maximum Gasteiger partial charge on any atom is 0.200 e. The molecule has 0 bridgehead atoms. The van der Waals surface area contributed by atoms with Crippen molar-refractivity contribution in [2.24, 2.45) is 0 Å². The SMILES string of the molecule is CCCCCOc1cc(CN2CCN(CC(O)c3ccc(F)cc3)CC2)cc(OCCCCC)c1O. The molecular weight excluding hydrogens is 459 g/mol. The highest BCUT2D eigenvalue weighted by Gasteiger charge is 2.21. The molecule has 3 rings (SSSR count). The topological polar surface area (TPSA) is 65.4 Å². The molecule has 0 aromatic heterocycles. The summed E-state index contributed by atoms with van der Waals surface area (Å²) in [7, 11) is 0. The second-order valence-electron chi connectivity index (χ2n) is 9.70. The molecule has 0 spiro atoms. The molecule has 1 unspecified atom stereocenters. The maximum absolute atomic E-state index is 13.2. The van der Waals surface area contributed by atoms with Gasteiger partial charge in [0.25, 0.3) is 0 Å². The first kappa shape index (κ1) is 28.2. The Balaban J connectivity index is 1.57. The summed E-state index contributed by atoms with van der Waals surface area (Å²) in [5.41, 5.74) is 1.80. The second kappa shape index (κ2) is 15.0. The zero-order chi connectivity index (χ0) is 25.8. The van der Waals surface area contributed by atoms with Crippen molar-refractivity contribution in [3.05, 3.63) is 53.3 Å². The number of rotatable bonds is 15. The average Bonchev–Trinajstić information content (AvgIpc) is 2.88. The van der Waals surface area contributed by atoms with Gasteiger partial charge in [-0.05, 0) is 48.2 Å². The van der Waals surface area contributed by atoms with E-state index in [1.807, 2.05) is 12.1 Å². The molecule has 2 N–H and O–H groups in total. The van der Waals surface area contributed by atoms with Gasteiger partial charge in [-0.25, -0.2) is 4.39 Å². The Labute approximate surface area is 215 Å². The van der Waals surface area contributed by atoms with Crippen molar-refractivity contribution in [2.75, 3.05) is 45.9 Å². The van der Waals surface area contributed by atoms with Crippen LogP contribution in [0.15, 0.2) is 36.4 Å². The number of nitrogens with zero attached hydrogens (tertiary/aromatic N) is 2. The molecule has 0 aliphatic carbocycles. The lowest BCUT2D eigenvalue weighted by Gasteiger charge is -2.35. The average molecular weight is 503 g/mol. The van der Waals surface area contributed by atoms with Crippen LogP contribution in [0, 0.1) is 5.82 Å². The van der Waals surface area contributed by atoms with Gasteiger partial charge in [0.2, 0.25) is 5.75 Å². The van der Waals surface area contributed by atoms with Crippen molar-refractivity contribution >= 4 is 0 Å². The van der Waals surface area contributed by atoms with Crippen molar-refractivity contribution in [1.82, 2.24) is 9.80 Å². The standard InChI is InChI=1S/C29H43FN2O4/c1-3-5-7-17-35-27-19-23(20-28(29(27)34)36-18-8-6-4-2)21-31-13-15-32(16-14-31)22-26(33)24-9-11-25(30)12-10-24/h9-12,19-20,26,33-34H,3-8,13-18,21-22H2,1-2H3. The van der Waals surface area contributed by atoms with Crippen molar-refractivity contribution in [3.8, 4) is 17.2 Å². The van der Waals surface area contributed by atoms with E-state index in [9.17, 15) is 14.6 Å². The summed E-state index contributed by atoms with van der Waals surface area (Å²) in [4.78, 5) is 4.61. The van der Waals surface area contributed by atoms with Gasteiger partial charge in [0.05, 0.1) is 19.3 Å². The number of ether oxygens (including phenoxy) is 2. The first-order chi connectivity index (χ1) is 17.5. The Morgan fingerprint density at radius 1 is 0.833 bits per heavy atom. The lowest BCUT2D eigenvalue weighted by molar-refractivity contribution is 0.0700. The largest absolute Gasteiger partial charge is 0.502 e. The van der Waals surface area contributed by atoms with Crippen LogP contribution in [0.4, 0.5) is 4.39 Å². The number of halogens is 1. The van der Waals surface area contributed by atoms with Gasteiger partial charge < -0.3 is 19.7 Å². The summed E-state index contributed by atoms with van der Waals surface area (Å²) in [6, 6.07) is 9.93. The lowest BCUT2D eigenvalue weighted by Crippen LogP contribution is -2.47. The van der Waals surface area contributed by atoms with Crippen LogP contribution in [-0.2, 0) is 6.54 Å². The zero-order valence-corrected chi connectivity index (χ0v) is 21.9. The molecule has 36 heavy (non-hydrogen) atoms. The number of phenols is 1. The molecule has 200 valence electrons. The normalized spacial score (nSPS) is 15.7. The fourth-order valence-electron chi connectivity index (χ4n) is 4.44. The minimum absolute atomic E-state index is 0.0892. The van der Waals surface area contributed by atoms with Crippen LogP contribution >= 0.6 is 0 Å². The molecule has 1 saturated heterocycles. The van der Waals surface area contributed by atoms with Crippen molar-refractivity contribution in [1.29, 1.82) is 0 Å². The van der Waals surface area contributed by atoms with Gasteiger partial charge in [-0.15, -0.1) is 0 Å². The quantitative estimate of drug-likeness (QED) is 0.313. The van der Waals surface area contributed by atoms with Gasteiger partial charge in [-0.3, -0.25) is 9.80 Å². The van der Waals surface area contributed by atoms with Gasteiger partial charge in [0.1, 0.15) is 5.82 Å². The number of aliphatic hydroxyl groups excluding tert-OH is 1. The Kier molecular flexibility index (Phi) is 11.8. The Hall–Kier alpha value is -2.35. The molecule has 6 nitrogen and oxygen atoms in total. The van der Waals surface area contributed by atoms with E-state index >= 15 is 0 Å². The monoisotopic (exact) mass is 502 g/mol. The molecule has 1 fully saturated rings. The van der Waals surface area contributed by atoms with E-state index in [1.54, 1.807) is 12.1 Å². The van der Waals surface area contributed by atoms with Crippen LogP contribution in [0.5, 0.6) is 17.2 Å². The minimum atomic E-state index is -0.630. The minimum Gasteiger partial charge on any atom is -0.502 e. The molecule has 1 aliphatic rings. The van der Waals surface area contributed by atoms with E-state index in [0.717, 1.165) is 82.4 Å². The first-order valence-electron chi connectivity index (χ1n) is 13.5. The van der Waals surface area contributed by atoms with Gasteiger partial charge in [0.15, 0.2) is 11.5 Å². The predicted octanol–water partition coefficient (Wildman–Crippen LogP) is 5.52. The summed E-state index contributed by atoms with van der Waals surface area (Å²) < 4.78 is 25.0. The van der Waals surface area contributed by atoms with Crippen molar-refractivity contribution in [3.63, 3.8) is 0 Å². The molecule has 0 amide bonds. The third kappa shape index (κ3) is 8.95. The van der Waals surface area contributed by atoms with Gasteiger partial charge in [0, 0.05) is 39.3 Å². The van der Waals surface area contributed by atoms with Crippen LogP contribution in [0.1, 0.15) is 69.6 Å². The van der Waals surface area contributed by atoms with E-state index in [2.05, 4.69) is 23.6 Å². The highest BCUT2D eigenvalue weighted by molar-refractivity contribution is 5.52.